The minimum absolute atomic E-state index is 0.252. The van der Waals surface area contributed by atoms with Gasteiger partial charge in [-0.25, -0.2) is 4.98 Å². The molecule has 0 fully saturated rings. The number of nitrogens with zero attached hydrogens (tertiary/aromatic N) is 1. The van der Waals surface area contributed by atoms with Crippen LogP contribution in [0.3, 0.4) is 0 Å². The molecule has 0 aliphatic rings. The van der Waals surface area contributed by atoms with E-state index in [1.807, 2.05) is 26.1 Å². The summed E-state index contributed by atoms with van der Waals surface area (Å²) < 4.78 is 11.0. The number of thioether (sulfide) groups is 1. The molecule has 0 radical (unpaired) electrons. The molecule has 1 aromatic heterocycles. The van der Waals surface area contributed by atoms with Crippen LogP contribution in [0.4, 0.5) is 0 Å². The molecular formula is C16H22N2O2S. The minimum atomic E-state index is 0.252. The van der Waals surface area contributed by atoms with E-state index in [0.29, 0.717) is 0 Å². The number of rotatable bonds is 8. The van der Waals surface area contributed by atoms with Gasteiger partial charge in [-0.15, -0.1) is 0 Å². The highest BCUT2D eigenvalue weighted by atomic mass is 32.2. The van der Waals surface area contributed by atoms with E-state index in [2.05, 4.69) is 29.4 Å². The highest BCUT2D eigenvalue weighted by molar-refractivity contribution is 7.99. The van der Waals surface area contributed by atoms with Crippen LogP contribution in [-0.2, 0) is 0 Å². The molecule has 0 aliphatic carbocycles. The fourth-order valence-electron chi connectivity index (χ4n) is 1.92. The van der Waals surface area contributed by atoms with Crippen LogP contribution < -0.4 is 10.1 Å². The van der Waals surface area contributed by atoms with Crippen LogP contribution in [0.1, 0.15) is 30.6 Å². The summed E-state index contributed by atoms with van der Waals surface area (Å²) in [6.07, 6.45) is 2.70. The van der Waals surface area contributed by atoms with Crippen molar-refractivity contribution in [2.24, 2.45) is 0 Å². The third-order valence-electron chi connectivity index (χ3n) is 3.08. The van der Waals surface area contributed by atoms with Crippen LogP contribution in [-0.4, -0.2) is 24.4 Å². The topological polar surface area (TPSA) is 47.3 Å². The van der Waals surface area contributed by atoms with E-state index < -0.39 is 0 Å². The van der Waals surface area contributed by atoms with Crippen LogP contribution in [0, 0.1) is 6.92 Å². The summed E-state index contributed by atoms with van der Waals surface area (Å²) in [6, 6.07) is 8.51. The highest BCUT2D eigenvalue weighted by Crippen LogP contribution is 2.25. The predicted molar refractivity (Wildman–Crippen MR) is 86.0 cm³/mol. The zero-order valence-corrected chi connectivity index (χ0v) is 13.6. The van der Waals surface area contributed by atoms with Gasteiger partial charge in [-0.05, 0) is 38.1 Å². The quantitative estimate of drug-likeness (QED) is 0.751. The molecule has 1 N–H and O–H groups in total. The normalized spacial score (nSPS) is 12.3. The second-order valence-corrected chi connectivity index (χ2v) is 5.80. The number of hydrogen-bond acceptors (Lipinski definition) is 5. The fraction of sp³-hybridized carbons (Fsp3) is 0.438. The van der Waals surface area contributed by atoms with Gasteiger partial charge in [0, 0.05) is 11.8 Å². The molecule has 1 aromatic carbocycles. The summed E-state index contributed by atoms with van der Waals surface area (Å²) in [5.74, 6) is 1.79. The van der Waals surface area contributed by atoms with Gasteiger partial charge in [0.2, 0.25) is 0 Å². The molecule has 0 saturated carbocycles. The zero-order chi connectivity index (χ0) is 15.1. The van der Waals surface area contributed by atoms with Gasteiger partial charge < -0.3 is 14.5 Å². The number of ether oxygens (including phenoxy) is 1. The smallest absolute Gasteiger partial charge is 0.255 e. The summed E-state index contributed by atoms with van der Waals surface area (Å²) in [4.78, 5) is 4.31. The first kappa shape index (κ1) is 15.9. The molecule has 0 bridgehead atoms. The van der Waals surface area contributed by atoms with E-state index in [-0.39, 0.29) is 6.04 Å². The second kappa shape index (κ2) is 8.10. The maximum Gasteiger partial charge on any atom is 0.255 e. The van der Waals surface area contributed by atoms with Crippen LogP contribution in [0.25, 0.3) is 0 Å². The van der Waals surface area contributed by atoms with Gasteiger partial charge in [0.1, 0.15) is 12.0 Å². The third kappa shape index (κ3) is 4.79. The molecule has 0 spiro atoms. The van der Waals surface area contributed by atoms with Gasteiger partial charge in [0.15, 0.2) is 0 Å². The fourth-order valence-corrected chi connectivity index (χ4v) is 2.91. The summed E-state index contributed by atoms with van der Waals surface area (Å²) in [5, 5.41) is 4.05. The first-order valence-corrected chi connectivity index (χ1v) is 8.16. The number of nitrogens with one attached hydrogen (secondary N) is 1. The first-order valence-electron chi connectivity index (χ1n) is 7.18. The van der Waals surface area contributed by atoms with E-state index in [1.165, 1.54) is 5.56 Å². The summed E-state index contributed by atoms with van der Waals surface area (Å²) in [5.41, 5.74) is 2.15. The van der Waals surface area contributed by atoms with E-state index in [4.69, 9.17) is 9.15 Å². The van der Waals surface area contributed by atoms with Gasteiger partial charge in [-0.2, -0.15) is 0 Å². The molecule has 1 atom stereocenters. The number of hydrogen-bond donors (Lipinski definition) is 1. The monoisotopic (exact) mass is 306 g/mol. The average Bonchev–Trinajstić information content (AvgIpc) is 2.92. The Balaban J connectivity index is 1.93. The summed E-state index contributed by atoms with van der Waals surface area (Å²) in [7, 11) is 1.97. The molecule has 5 heteroatoms. The molecule has 114 valence electrons. The van der Waals surface area contributed by atoms with Gasteiger partial charge in [0.05, 0.1) is 12.3 Å². The van der Waals surface area contributed by atoms with Crippen molar-refractivity contribution >= 4 is 11.8 Å². The number of oxazole rings is 1. The SMILES string of the molecule is CCCOc1ccc(C(CSc2nc(C)co2)NC)cc1. The largest absolute Gasteiger partial charge is 0.494 e. The Morgan fingerprint density at radius 1 is 1.33 bits per heavy atom. The Bertz CT molecular complexity index is 539. The van der Waals surface area contributed by atoms with E-state index in [1.54, 1.807) is 18.0 Å². The van der Waals surface area contributed by atoms with E-state index in [9.17, 15) is 0 Å². The maximum atomic E-state index is 5.60. The first-order chi connectivity index (χ1) is 10.2. The standard InChI is InChI=1S/C16H22N2O2S/c1-4-9-19-14-7-5-13(6-8-14)15(17-3)11-21-16-18-12(2)10-20-16/h5-8,10,15,17H,4,9,11H2,1-3H3. The van der Waals surface area contributed by atoms with E-state index in [0.717, 1.165) is 35.4 Å². The molecule has 0 saturated heterocycles. The van der Waals surface area contributed by atoms with Crippen LogP contribution in [0.5, 0.6) is 5.75 Å². The zero-order valence-electron chi connectivity index (χ0n) is 12.8. The third-order valence-corrected chi connectivity index (χ3v) is 4.01. The molecule has 2 rings (SSSR count). The highest BCUT2D eigenvalue weighted by Gasteiger charge is 2.12. The lowest BCUT2D eigenvalue weighted by Crippen LogP contribution is -2.18. The maximum absolute atomic E-state index is 5.60. The van der Waals surface area contributed by atoms with Gasteiger partial charge in [0.25, 0.3) is 5.22 Å². The molecule has 0 aliphatic heterocycles. The van der Waals surface area contributed by atoms with Gasteiger partial charge in [-0.3, -0.25) is 0 Å². The van der Waals surface area contributed by atoms with Crippen molar-refractivity contribution in [3.63, 3.8) is 0 Å². The lowest BCUT2D eigenvalue weighted by atomic mass is 10.1. The van der Waals surface area contributed by atoms with Crippen molar-refractivity contribution < 1.29 is 9.15 Å². The molecule has 21 heavy (non-hydrogen) atoms. The van der Waals surface area contributed by atoms with Crippen LogP contribution in [0.2, 0.25) is 0 Å². The Labute approximate surface area is 130 Å². The summed E-state index contributed by atoms with van der Waals surface area (Å²) >= 11 is 1.62. The van der Waals surface area contributed by atoms with E-state index >= 15 is 0 Å². The van der Waals surface area contributed by atoms with Crippen molar-refractivity contribution in [2.75, 3.05) is 19.4 Å². The molecular weight excluding hydrogens is 284 g/mol. The summed E-state index contributed by atoms with van der Waals surface area (Å²) in [6.45, 7) is 4.79. The van der Waals surface area contributed by atoms with Crippen molar-refractivity contribution in [1.82, 2.24) is 10.3 Å². The van der Waals surface area contributed by atoms with Crippen molar-refractivity contribution in [3.8, 4) is 5.75 Å². The van der Waals surface area contributed by atoms with Crippen molar-refractivity contribution in [1.29, 1.82) is 0 Å². The van der Waals surface area contributed by atoms with Gasteiger partial charge in [-0.1, -0.05) is 30.8 Å². The van der Waals surface area contributed by atoms with Crippen LogP contribution >= 0.6 is 11.8 Å². The number of benzene rings is 1. The number of aryl methyl sites for hydroxylation is 1. The Morgan fingerprint density at radius 3 is 2.67 bits per heavy atom. The molecule has 1 unspecified atom stereocenters. The average molecular weight is 306 g/mol. The lowest BCUT2D eigenvalue weighted by molar-refractivity contribution is 0.317. The molecule has 2 aromatic rings. The Hall–Kier alpha value is -1.46. The molecule has 1 heterocycles. The van der Waals surface area contributed by atoms with Gasteiger partial charge >= 0.3 is 0 Å². The second-order valence-electron chi connectivity index (χ2n) is 4.82. The lowest BCUT2D eigenvalue weighted by Gasteiger charge is -2.16. The Morgan fingerprint density at radius 2 is 2.10 bits per heavy atom. The Kier molecular flexibility index (Phi) is 6.14. The van der Waals surface area contributed by atoms with Crippen molar-refractivity contribution in [2.45, 2.75) is 31.5 Å². The number of aromatic nitrogens is 1. The molecule has 0 amide bonds. The predicted octanol–water partition coefficient (Wildman–Crippen LogP) is 3.82. The molecule has 4 nitrogen and oxygen atoms in total. The minimum Gasteiger partial charge on any atom is -0.494 e. The van der Waals surface area contributed by atoms with Crippen molar-refractivity contribution in [3.05, 3.63) is 41.8 Å². The van der Waals surface area contributed by atoms with Crippen LogP contribution in [0.15, 0.2) is 40.2 Å².